The molecule has 1 N–H and O–H groups in total. The minimum Gasteiger partial charge on any atom is -0.340 e. The number of pyridine rings is 1. The van der Waals surface area contributed by atoms with E-state index in [1.807, 2.05) is 24.3 Å². The van der Waals surface area contributed by atoms with Gasteiger partial charge in [0.1, 0.15) is 5.82 Å². The van der Waals surface area contributed by atoms with Gasteiger partial charge in [-0.2, -0.15) is 0 Å². The van der Waals surface area contributed by atoms with Gasteiger partial charge in [0, 0.05) is 31.5 Å². The number of imidazole rings is 1. The van der Waals surface area contributed by atoms with E-state index in [9.17, 15) is 8.42 Å². The van der Waals surface area contributed by atoms with Crippen LogP contribution < -0.4 is 0 Å². The Morgan fingerprint density at radius 2 is 2.04 bits per heavy atom. The van der Waals surface area contributed by atoms with Gasteiger partial charge >= 0.3 is 0 Å². The number of aromatic amines is 1. The van der Waals surface area contributed by atoms with E-state index >= 15 is 0 Å². The second kappa shape index (κ2) is 6.24. The summed E-state index contributed by atoms with van der Waals surface area (Å²) in [6.45, 7) is 2.76. The normalized spacial score (nSPS) is 18.8. The number of nitrogens with zero attached hydrogens (tertiary/aromatic N) is 3. The number of benzene rings is 1. The van der Waals surface area contributed by atoms with Crippen molar-refractivity contribution >= 4 is 21.0 Å². The van der Waals surface area contributed by atoms with Crippen molar-refractivity contribution in [2.24, 2.45) is 0 Å². The first-order valence-electron chi connectivity index (χ1n) is 8.31. The molecule has 1 atom stereocenters. The molecule has 0 bridgehead atoms. The topological polar surface area (TPSA) is 79.0 Å². The first-order chi connectivity index (χ1) is 12.0. The van der Waals surface area contributed by atoms with Gasteiger partial charge in [0.05, 0.1) is 10.4 Å². The maximum absolute atomic E-state index is 11.5. The van der Waals surface area contributed by atoms with E-state index in [1.54, 1.807) is 18.3 Å². The Morgan fingerprint density at radius 3 is 2.76 bits per heavy atom. The molecule has 6 nitrogen and oxygen atoms in total. The molecule has 25 heavy (non-hydrogen) atoms. The second-order valence-corrected chi connectivity index (χ2v) is 8.65. The lowest BCUT2D eigenvalue weighted by atomic mass is 10.1. The number of nitrogens with one attached hydrogen (secondary N) is 1. The van der Waals surface area contributed by atoms with Crippen LogP contribution in [0.1, 0.15) is 23.7 Å². The number of sulfone groups is 1. The van der Waals surface area contributed by atoms with Crippen LogP contribution in [0.4, 0.5) is 0 Å². The monoisotopic (exact) mass is 356 g/mol. The van der Waals surface area contributed by atoms with Crippen molar-refractivity contribution in [3.05, 3.63) is 54.0 Å². The molecule has 1 aromatic carbocycles. The van der Waals surface area contributed by atoms with Crippen LogP contribution in [0.25, 0.3) is 11.2 Å². The average molecular weight is 356 g/mol. The van der Waals surface area contributed by atoms with E-state index in [0.717, 1.165) is 48.6 Å². The lowest BCUT2D eigenvalue weighted by Crippen LogP contribution is -2.20. The van der Waals surface area contributed by atoms with Crippen molar-refractivity contribution in [2.75, 3.05) is 19.3 Å². The van der Waals surface area contributed by atoms with E-state index in [2.05, 4.69) is 19.9 Å². The Morgan fingerprint density at radius 1 is 1.24 bits per heavy atom. The number of fused-ring (bicyclic) bond motifs is 1. The van der Waals surface area contributed by atoms with E-state index in [1.165, 1.54) is 6.26 Å². The minimum absolute atomic E-state index is 0.366. The third-order valence-electron chi connectivity index (χ3n) is 4.69. The summed E-state index contributed by atoms with van der Waals surface area (Å²) in [6, 6.07) is 11.1. The molecule has 0 aliphatic carbocycles. The third kappa shape index (κ3) is 3.43. The average Bonchev–Trinajstić information content (AvgIpc) is 3.20. The summed E-state index contributed by atoms with van der Waals surface area (Å²) in [5.74, 6) is 1.38. The second-order valence-electron chi connectivity index (χ2n) is 6.63. The van der Waals surface area contributed by atoms with Gasteiger partial charge in [-0.3, -0.25) is 4.90 Å². The maximum atomic E-state index is 11.5. The lowest BCUT2D eigenvalue weighted by molar-refractivity contribution is 0.326. The highest BCUT2D eigenvalue weighted by molar-refractivity contribution is 7.90. The molecular formula is C18H20N4O2S. The molecule has 0 amide bonds. The molecule has 7 heteroatoms. The summed E-state index contributed by atoms with van der Waals surface area (Å²) in [4.78, 5) is 15.0. The minimum atomic E-state index is -3.14. The lowest BCUT2D eigenvalue weighted by Gasteiger charge is -2.15. The first kappa shape index (κ1) is 16.2. The molecule has 0 spiro atoms. The van der Waals surface area contributed by atoms with Crippen LogP contribution in [0.3, 0.4) is 0 Å². The van der Waals surface area contributed by atoms with Gasteiger partial charge in [0.15, 0.2) is 15.5 Å². The van der Waals surface area contributed by atoms with Crippen molar-refractivity contribution < 1.29 is 8.42 Å². The van der Waals surface area contributed by atoms with Crippen LogP contribution in [0.15, 0.2) is 47.5 Å². The molecule has 1 aliphatic heterocycles. The fraction of sp³-hybridized carbons (Fsp3) is 0.333. The highest BCUT2D eigenvalue weighted by Crippen LogP contribution is 2.27. The molecule has 130 valence electrons. The van der Waals surface area contributed by atoms with Crippen LogP contribution in [0, 0.1) is 0 Å². The SMILES string of the molecule is CS(=O)(=O)c1ccc(CN2CC[C@H](c3nc4ncccc4[nH]3)C2)cc1. The van der Waals surface area contributed by atoms with E-state index in [0.29, 0.717) is 10.8 Å². The van der Waals surface area contributed by atoms with Gasteiger partial charge in [-0.25, -0.2) is 18.4 Å². The number of likely N-dealkylation sites (tertiary alicyclic amines) is 1. The Balaban J connectivity index is 1.44. The van der Waals surface area contributed by atoms with Crippen LogP contribution >= 0.6 is 0 Å². The quantitative estimate of drug-likeness (QED) is 0.776. The summed E-state index contributed by atoms with van der Waals surface area (Å²) >= 11 is 0. The third-order valence-corrected chi connectivity index (χ3v) is 5.82. The van der Waals surface area contributed by atoms with E-state index in [-0.39, 0.29) is 0 Å². The number of hydrogen-bond donors (Lipinski definition) is 1. The Kier molecular flexibility index (Phi) is 4.05. The summed E-state index contributed by atoms with van der Waals surface area (Å²) in [5.41, 5.74) is 2.87. The smallest absolute Gasteiger partial charge is 0.177 e. The van der Waals surface area contributed by atoms with Gasteiger partial charge in [-0.15, -0.1) is 0 Å². The van der Waals surface area contributed by atoms with Crippen molar-refractivity contribution in [1.29, 1.82) is 0 Å². The van der Waals surface area contributed by atoms with Gasteiger partial charge in [-0.1, -0.05) is 12.1 Å². The fourth-order valence-corrected chi connectivity index (χ4v) is 3.99. The maximum Gasteiger partial charge on any atom is 0.177 e. The number of H-pyrrole nitrogens is 1. The first-order valence-corrected chi connectivity index (χ1v) is 10.2. The summed E-state index contributed by atoms with van der Waals surface area (Å²) in [7, 11) is -3.14. The molecule has 1 fully saturated rings. The Labute approximate surface area is 146 Å². The molecule has 3 heterocycles. The van der Waals surface area contributed by atoms with Gasteiger partial charge in [-0.05, 0) is 42.8 Å². The van der Waals surface area contributed by atoms with Crippen molar-refractivity contribution in [1.82, 2.24) is 19.9 Å². The molecule has 4 rings (SSSR count). The van der Waals surface area contributed by atoms with Crippen molar-refractivity contribution in [3.63, 3.8) is 0 Å². The molecule has 1 aliphatic rings. The molecule has 0 radical (unpaired) electrons. The van der Waals surface area contributed by atoms with Gasteiger partial charge in [0.25, 0.3) is 0 Å². The number of rotatable bonds is 4. The predicted octanol–water partition coefficient (Wildman–Crippen LogP) is 2.35. The molecule has 0 unspecified atom stereocenters. The summed E-state index contributed by atoms with van der Waals surface area (Å²) in [5, 5.41) is 0. The number of hydrogen-bond acceptors (Lipinski definition) is 5. The van der Waals surface area contributed by atoms with Gasteiger partial charge in [0.2, 0.25) is 0 Å². The standard InChI is InChI=1S/C18H20N4O2S/c1-25(23,24)15-6-4-13(5-7-15)11-22-10-8-14(12-22)17-20-16-3-2-9-19-18(16)21-17/h2-7,9,14H,8,10-12H2,1H3,(H,19,20,21)/t14-/m0/s1. The fourth-order valence-electron chi connectivity index (χ4n) is 3.36. The van der Waals surface area contributed by atoms with E-state index in [4.69, 9.17) is 0 Å². The largest absolute Gasteiger partial charge is 0.340 e. The zero-order valence-electron chi connectivity index (χ0n) is 14.0. The highest BCUT2D eigenvalue weighted by atomic mass is 32.2. The molecule has 1 saturated heterocycles. The predicted molar refractivity (Wildman–Crippen MR) is 96.1 cm³/mol. The van der Waals surface area contributed by atoms with Crippen molar-refractivity contribution in [3.8, 4) is 0 Å². The summed E-state index contributed by atoms with van der Waals surface area (Å²) < 4.78 is 23.1. The molecule has 3 aromatic rings. The van der Waals surface area contributed by atoms with E-state index < -0.39 is 9.84 Å². The van der Waals surface area contributed by atoms with Crippen LogP contribution in [0.2, 0.25) is 0 Å². The molecular weight excluding hydrogens is 336 g/mol. The molecule has 0 saturated carbocycles. The van der Waals surface area contributed by atoms with Crippen LogP contribution in [-0.2, 0) is 16.4 Å². The van der Waals surface area contributed by atoms with Crippen molar-refractivity contribution in [2.45, 2.75) is 23.8 Å². The molecule has 2 aromatic heterocycles. The highest BCUT2D eigenvalue weighted by Gasteiger charge is 2.26. The Bertz CT molecular complexity index is 962. The zero-order valence-corrected chi connectivity index (χ0v) is 14.8. The van der Waals surface area contributed by atoms with Crippen LogP contribution in [0.5, 0.6) is 0 Å². The zero-order chi connectivity index (χ0) is 17.4. The van der Waals surface area contributed by atoms with Gasteiger partial charge < -0.3 is 4.98 Å². The number of aromatic nitrogens is 3. The summed E-state index contributed by atoms with van der Waals surface area (Å²) in [6.07, 6.45) is 4.05. The van der Waals surface area contributed by atoms with Crippen LogP contribution in [-0.4, -0.2) is 47.6 Å². The Hall–Kier alpha value is -2.25.